The SMILES string of the molecule is CC(C)Cc1ccc2c(c1)Cc1ccccc1-2.CC(C)Cc1ccc2c3ccccc3n(-c3ccc(N(c4ccc(Br)cc4)c4ccc(Br)cc4)cc3)c2c1.CCCCc1ccc(N(c2ccc(Br)cc2)c2ccc(Br)cc2)cc1. The van der Waals surface area contributed by atoms with Gasteiger partial charge in [-0.1, -0.05) is 190 Å². The quantitative estimate of drug-likeness (QED) is 0.107. The van der Waals surface area contributed by atoms with Crippen molar-refractivity contribution in [1.29, 1.82) is 0 Å². The average Bonchev–Trinajstić information content (AvgIpc) is 4.21. The maximum Gasteiger partial charge on any atom is 0.0543 e. The second-order valence-electron chi connectivity index (χ2n) is 21.6. The smallest absolute Gasteiger partial charge is 0.0543 e. The number of unbranched alkanes of at least 4 members (excludes halogenated alkanes) is 1. The molecule has 1 aliphatic carbocycles. The van der Waals surface area contributed by atoms with E-state index in [0.717, 1.165) is 77.2 Å². The van der Waals surface area contributed by atoms with Gasteiger partial charge in [-0.05, 0) is 228 Å². The Kier molecular flexibility index (Phi) is 18.7. The number of nitrogens with zero attached hydrogens (tertiary/aromatic N) is 3. The lowest BCUT2D eigenvalue weighted by Gasteiger charge is -2.26. The first-order valence-electron chi connectivity index (χ1n) is 27.9. The molecule has 0 radical (unpaired) electrons. The van der Waals surface area contributed by atoms with Gasteiger partial charge in [-0.2, -0.15) is 0 Å². The van der Waals surface area contributed by atoms with Crippen molar-refractivity contribution in [3.63, 3.8) is 0 Å². The Morgan fingerprint density at radius 3 is 1.29 bits per heavy atom. The Bertz CT molecular complexity index is 3720. The van der Waals surface area contributed by atoms with Crippen LogP contribution in [0, 0.1) is 11.8 Å². The molecule has 10 aromatic carbocycles. The molecule has 0 aliphatic heterocycles. The number of aromatic nitrogens is 1. The largest absolute Gasteiger partial charge is 0.311 e. The topological polar surface area (TPSA) is 11.4 Å². The third kappa shape index (κ3) is 13.6. The van der Waals surface area contributed by atoms with Gasteiger partial charge in [0.05, 0.1) is 11.0 Å². The van der Waals surface area contributed by atoms with E-state index in [9.17, 15) is 0 Å². The molecule has 12 rings (SSSR count). The highest BCUT2D eigenvalue weighted by molar-refractivity contribution is 9.11. The summed E-state index contributed by atoms with van der Waals surface area (Å²) in [6.45, 7) is 11.4. The summed E-state index contributed by atoms with van der Waals surface area (Å²) in [7, 11) is 0. The van der Waals surface area contributed by atoms with E-state index in [1.165, 1.54) is 85.7 Å². The van der Waals surface area contributed by atoms with Crippen LogP contribution in [-0.4, -0.2) is 4.57 Å². The van der Waals surface area contributed by atoms with Gasteiger partial charge >= 0.3 is 0 Å². The highest BCUT2D eigenvalue weighted by atomic mass is 79.9. The zero-order valence-corrected chi connectivity index (χ0v) is 52.5. The zero-order valence-electron chi connectivity index (χ0n) is 46.2. The summed E-state index contributed by atoms with van der Waals surface area (Å²) in [5, 5.41) is 2.58. The Hall–Kier alpha value is -6.48. The predicted molar refractivity (Wildman–Crippen MR) is 358 cm³/mol. The van der Waals surface area contributed by atoms with Crippen molar-refractivity contribution in [3.05, 3.63) is 276 Å². The molecule has 0 saturated heterocycles. The molecular weight excluding hydrogens is 1240 g/mol. The van der Waals surface area contributed by atoms with Crippen LogP contribution in [0.5, 0.6) is 0 Å². The molecule has 0 amide bonds. The van der Waals surface area contributed by atoms with E-state index in [-0.39, 0.29) is 0 Å². The summed E-state index contributed by atoms with van der Waals surface area (Å²) >= 11 is 14.2. The molecule has 1 heterocycles. The second-order valence-corrected chi connectivity index (χ2v) is 25.3. The first-order chi connectivity index (χ1) is 38.9. The number of rotatable bonds is 14. The minimum absolute atomic E-state index is 0.618. The first-order valence-corrected chi connectivity index (χ1v) is 31.1. The summed E-state index contributed by atoms with van der Waals surface area (Å²) in [6.07, 6.45) is 6.98. The molecule has 0 N–H and O–H groups in total. The molecule has 0 unspecified atom stereocenters. The molecule has 0 spiro atoms. The van der Waals surface area contributed by atoms with Crippen LogP contribution in [0.3, 0.4) is 0 Å². The van der Waals surface area contributed by atoms with Crippen LogP contribution in [0.2, 0.25) is 0 Å². The van der Waals surface area contributed by atoms with Gasteiger partial charge in [0.1, 0.15) is 0 Å². The fourth-order valence-corrected chi connectivity index (χ4v) is 11.9. The van der Waals surface area contributed by atoms with E-state index in [4.69, 9.17) is 0 Å². The van der Waals surface area contributed by atoms with E-state index in [1.54, 1.807) is 0 Å². The normalized spacial score (nSPS) is 11.5. The van der Waals surface area contributed by atoms with Crippen molar-refractivity contribution in [2.75, 3.05) is 9.80 Å². The molecule has 0 saturated carbocycles. The van der Waals surface area contributed by atoms with Gasteiger partial charge in [0.2, 0.25) is 0 Å². The summed E-state index contributed by atoms with van der Waals surface area (Å²) in [5.74, 6) is 1.35. The molecule has 80 heavy (non-hydrogen) atoms. The van der Waals surface area contributed by atoms with Crippen molar-refractivity contribution in [1.82, 2.24) is 4.57 Å². The van der Waals surface area contributed by atoms with E-state index in [1.807, 2.05) is 0 Å². The van der Waals surface area contributed by atoms with Crippen molar-refractivity contribution in [2.45, 2.75) is 73.1 Å². The fraction of sp³-hybridized carbons (Fsp3) is 0.178. The Morgan fingerprint density at radius 1 is 0.388 bits per heavy atom. The number of benzene rings is 10. The summed E-state index contributed by atoms with van der Waals surface area (Å²) in [4.78, 5) is 4.57. The van der Waals surface area contributed by atoms with Crippen LogP contribution in [0.25, 0.3) is 38.6 Å². The second kappa shape index (κ2) is 26.4. The first kappa shape index (κ1) is 56.8. The van der Waals surface area contributed by atoms with Gasteiger partial charge in [-0.25, -0.2) is 0 Å². The molecule has 3 nitrogen and oxygen atoms in total. The third-order valence-corrected chi connectivity index (χ3v) is 16.7. The Balaban J connectivity index is 0.000000147. The van der Waals surface area contributed by atoms with Gasteiger partial charge in [-0.15, -0.1) is 0 Å². The highest BCUT2D eigenvalue weighted by Gasteiger charge is 2.19. The number of hydrogen-bond acceptors (Lipinski definition) is 2. The molecule has 402 valence electrons. The van der Waals surface area contributed by atoms with Crippen LogP contribution in [0.4, 0.5) is 34.1 Å². The molecule has 7 heteroatoms. The summed E-state index contributed by atoms with van der Waals surface area (Å²) in [6, 6.07) is 83.0. The van der Waals surface area contributed by atoms with E-state index >= 15 is 0 Å². The summed E-state index contributed by atoms with van der Waals surface area (Å²) < 4.78 is 6.71. The molecular formula is C73H67Br4N3. The Labute approximate surface area is 507 Å². The standard InChI is InChI=1S/C34H28Br2N2.C22H21Br2N.C17H18/c1-23(2)21-24-7-20-32-31-5-3-4-6-33(31)38(34(32)22-24)30-18-16-29(17-19-30)37(27-12-8-25(35)9-13-27)28-14-10-26(36)11-15-28;1-2-3-4-17-5-11-20(12-6-17)25(21-13-7-18(23)8-14-21)22-15-9-19(24)10-16-22;1-12(2)9-13-7-8-17-15(10-13)11-14-5-3-4-6-16(14)17/h3-20,22-23H,21H2,1-2H3;5-16H,2-4H2,1H3;3-8,10,12H,9,11H2,1-2H3. The number of halogens is 4. The molecule has 0 atom stereocenters. The number of hydrogen-bond donors (Lipinski definition) is 0. The van der Waals surface area contributed by atoms with Crippen LogP contribution < -0.4 is 9.80 Å². The predicted octanol–water partition coefficient (Wildman–Crippen LogP) is 23.5. The lowest BCUT2D eigenvalue weighted by molar-refractivity contribution is 0.647. The van der Waals surface area contributed by atoms with Crippen LogP contribution in [0.1, 0.15) is 75.3 Å². The van der Waals surface area contributed by atoms with Gasteiger partial charge in [-0.3, -0.25) is 0 Å². The van der Waals surface area contributed by atoms with Gasteiger partial charge in [0.25, 0.3) is 0 Å². The molecule has 11 aromatic rings. The minimum atomic E-state index is 0.618. The van der Waals surface area contributed by atoms with Gasteiger partial charge in [0.15, 0.2) is 0 Å². The maximum absolute atomic E-state index is 3.58. The van der Waals surface area contributed by atoms with E-state index in [0.29, 0.717) is 5.92 Å². The van der Waals surface area contributed by atoms with Crippen molar-refractivity contribution in [3.8, 4) is 16.8 Å². The molecule has 0 fully saturated rings. The average molecular weight is 1310 g/mol. The lowest BCUT2D eigenvalue weighted by atomic mass is 9.98. The Morgan fingerprint density at radius 2 is 0.787 bits per heavy atom. The number of aryl methyl sites for hydroxylation is 1. The molecule has 0 bridgehead atoms. The van der Waals surface area contributed by atoms with Crippen LogP contribution >= 0.6 is 63.7 Å². The third-order valence-electron chi connectivity index (χ3n) is 14.6. The van der Waals surface area contributed by atoms with Crippen molar-refractivity contribution in [2.24, 2.45) is 11.8 Å². The lowest BCUT2D eigenvalue weighted by Crippen LogP contribution is -2.10. The number of fused-ring (bicyclic) bond motifs is 6. The van der Waals surface area contributed by atoms with Crippen molar-refractivity contribution < 1.29 is 0 Å². The minimum Gasteiger partial charge on any atom is -0.311 e. The monoisotopic (exact) mass is 1300 g/mol. The molecule has 1 aliphatic rings. The molecule has 1 aromatic heterocycles. The van der Waals surface area contributed by atoms with E-state index < -0.39 is 0 Å². The summed E-state index contributed by atoms with van der Waals surface area (Å²) in [5.41, 5.74) is 20.5. The van der Waals surface area contributed by atoms with E-state index in [2.05, 4.69) is 343 Å². The van der Waals surface area contributed by atoms with Crippen LogP contribution in [0.15, 0.2) is 248 Å². The zero-order chi connectivity index (χ0) is 55.7. The number of para-hydroxylation sites is 1. The fourth-order valence-electron chi connectivity index (χ4n) is 10.9. The number of anilines is 6. The maximum atomic E-state index is 3.58. The van der Waals surface area contributed by atoms with Crippen LogP contribution in [-0.2, 0) is 25.7 Å². The van der Waals surface area contributed by atoms with Gasteiger partial charge in [0, 0.05) is 68.5 Å². The highest BCUT2D eigenvalue weighted by Crippen LogP contribution is 2.40. The van der Waals surface area contributed by atoms with Gasteiger partial charge < -0.3 is 14.4 Å². The van der Waals surface area contributed by atoms with Crippen molar-refractivity contribution >= 4 is 120 Å².